The Labute approximate surface area is 144 Å². The molecule has 0 aliphatic heterocycles. The molecule has 1 N–H and O–H groups in total. The van der Waals surface area contributed by atoms with E-state index in [9.17, 15) is 13.2 Å². The second kappa shape index (κ2) is 7.14. The molecule has 2 aromatic rings. The highest BCUT2D eigenvalue weighted by molar-refractivity contribution is 9.10. The number of carbonyl (C=O) groups excluding carboxylic acids is 1. The number of rotatable bonds is 5. The van der Waals surface area contributed by atoms with Crippen molar-refractivity contribution < 1.29 is 13.2 Å². The predicted molar refractivity (Wildman–Crippen MR) is 96.0 cm³/mol. The Morgan fingerprint density at radius 2 is 1.78 bits per heavy atom. The van der Waals surface area contributed by atoms with Crippen molar-refractivity contribution in [2.45, 2.75) is 13.0 Å². The van der Waals surface area contributed by atoms with Crippen molar-refractivity contribution in [1.82, 2.24) is 0 Å². The molecule has 1 unspecified atom stereocenters. The monoisotopic (exact) mass is 396 g/mol. The van der Waals surface area contributed by atoms with Crippen molar-refractivity contribution in [3.8, 4) is 0 Å². The number of amides is 1. The molecule has 2 aromatic carbocycles. The first kappa shape index (κ1) is 17.5. The van der Waals surface area contributed by atoms with E-state index in [1.165, 1.54) is 0 Å². The first-order valence-electron chi connectivity index (χ1n) is 6.90. The zero-order chi connectivity index (χ0) is 17.0. The van der Waals surface area contributed by atoms with Gasteiger partial charge in [-0.3, -0.25) is 9.10 Å². The summed E-state index contributed by atoms with van der Waals surface area (Å²) in [6.07, 6.45) is 1.09. The van der Waals surface area contributed by atoms with E-state index in [0.717, 1.165) is 15.0 Å². The topological polar surface area (TPSA) is 66.5 Å². The predicted octanol–water partition coefficient (Wildman–Crippen LogP) is 3.24. The summed E-state index contributed by atoms with van der Waals surface area (Å²) in [6.45, 7) is 1.56. The van der Waals surface area contributed by atoms with Gasteiger partial charge in [-0.2, -0.15) is 0 Å². The number of halogens is 1. The van der Waals surface area contributed by atoms with Gasteiger partial charge in [-0.15, -0.1) is 0 Å². The zero-order valence-corrected chi connectivity index (χ0v) is 15.1. The number of carbonyl (C=O) groups is 1. The van der Waals surface area contributed by atoms with Crippen molar-refractivity contribution >= 4 is 43.2 Å². The fourth-order valence-corrected chi connectivity index (χ4v) is 3.77. The molecule has 23 heavy (non-hydrogen) atoms. The van der Waals surface area contributed by atoms with E-state index < -0.39 is 22.0 Å². The maximum atomic E-state index is 12.5. The lowest BCUT2D eigenvalue weighted by Gasteiger charge is -2.28. The number of para-hydroxylation sites is 1. The van der Waals surface area contributed by atoms with Crippen molar-refractivity contribution in [3.05, 3.63) is 59.1 Å². The van der Waals surface area contributed by atoms with Crippen LogP contribution in [0.5, 0.6) is 0 Å². The quantitative estimate of drug-likeness (QED) is 0.843. The van der Waals surface area contributed by atoms with Crippen LogP contribution in [-0.4, -0.2) is 26.6 Å². The number of benzene rings is 2. The molecular formula is C16H17BrN2O3S. The second-order valence-corrected chi connectivity index (χ2v) is 7.85. The molecule has 0 bridgehead atoms. The minimum atomic E-state index is -3.60. The molecule has 0 saturated heterocycles. The van der Waals surface area contributed by atoms with Crippen molar-refractivity contribution in [3.63, 3.8) is 0 Å². The highest BCUT2D eigenvalue weighted by atomic mass is 79.9. The molecular weight excluding hydrogens is 380 g/mol. The summed E-state index contributed by atoms with van der Waals surface area (Å²) in [5.74, 6) is -0.405. The van der Waals surface area contributed by atoms with Gasteiger partial charge in [-0.25, -0.2) is 8.42 Å². The fraction of sp³-hybridized carbons (Fsp3) is 0.188. The molecule has 0 aliphatic carbocycles. The Morgan fingerprint density at radius 3 is 2.35 bits per heavy atom. The number of hydrogen-bond acceptors (Lipinski definition) is 3. The van der Waals surface area contributed by atoms with Crippen molar-refractivity contribution in [2.24, 2.45) is 0 Å². The molecule has 1 atom stereocenters. The second-order valence-electron chi connectivity index (χ2n) is 5.07. The first-order valence-corrected chi connectivity index (χ1v) is 9.54. The summed E-state index contributed by atoms with van der Waals surface area (Å²) in [5.41, 5.74) is 1.05. The van der Waals surface area contributed by atoms with Gasteiger partial charge in [0.1, 0.15) is 6.04 Å². The first-order chi connectivity index (χ1) is 10.8. The minimum absolute atomic E-state index is 0.405. The van der Waals surface area contributed by atoms with E-state index in [-0.39, 0.29) is 0 Å². The third-order valence-corrected chi connectivity index (χ3v) is 4.93. The average molecular weight is 397 g/mol. The molecule has 5 nitrogen and oxygen atoms in total. The number of hydrogen-bond donors (Lipinski definition) is 1. The largest absolute Gasteiger partial charge is 0.324 e. The summed E-state index contributed by atoms with van der Waals surface area (Å²) < 4.78 is 26.2. The van der Waals surface area contributed by atoms with E-state index in [0.29, 0.717) is 11.4 Å². The molecule has 0 saturated carbocycles. The summed E-state index contributed by atoms with van der Waals surface area (Å²) >= 11 is 3.33. The van der Waals surface area contributed by atoms with Gasteiger partial charge in [0.05, 0.1) is 11.9 Å². The van der Waals surface area contributed by atoms with Crippen LogP contribution in [0.25, 0.3) is 0 Å². The van der Waals surface area contributed by atoms with Crippen LogP contribution in [0.15, 0.2) is 59.1 Å². The molecule has 2 rings (SSSR count). The minimum Gasteiger partial charge on any atom is -0.324 e. The van der Waals surface area contributed by atoms with Crippen LogP contribution in [0, 0.1) is 0 Å². The smallest absolute Gasteiger partial charge is 0.247 e. The van der Waals surface area contributed by atoms with E-state index in [1.54, 1.807) is 55.5 Å². The summed E-state index contributed by atoms with van der Waals surface area (Å²) in [6, 6.07) is 14.8. The van der Waals surface area contributed by atoms with Gasteiger partial charge in [0, 0.05) is 10.2 Å². The summed E-state index contributed by atoms with van der Waals surface area (Å²) in [7, 11) is -3.60. The van der Waals surface area contributed by atoms with Gasteiger partial charge < -0.3 is 5.32 Å². The summed E-state index contributed by atoms with van der Waals surface area (Å²) in [4.78, 5) is 12.5. The van der Waals surface area contributed by atoms with E-state index in [1.807, 2.05) is 6.07 Å². The lowest BCUT2D eigenvalue weighted by molar-refractivity contribution is -0.116. The molecule has 0 aliphatic rings. The maximum Gasteiger partial charge on any atom is 0.247 e. The molecule has 0 spiro atoms. The van der Waals surface area contributed by atoms with Crippen LogP contribution >= 0.6 is 15.9 Å². The molecule has 0 fully saturated rings. The SMILES string of the molecule is CC(C(=O)Nc1cccc(Br)c1)N(c1ccccc1)S(C)(=O)=O. The molecule has 7 heteroatoms. The Bertz CT molecular complexity index is 794. The van der Waals surface area contributed by atoms with E-state index >= 15 is 0 Å². The normalized spacial score (nSPS) is 12.5. The third-order valence-electron chi connectivity index (χ3n) is 3.19. The maximum absolute atomic E-state index is 12.5. The number of anilines is 2. The summed E-state index contributed by atoms with van der Waals surface area (Å²) in [5, 5.41) is 2.73. The van der Waals surface area contributed by atoms with Crippen molar-refractivity contribution in [2.75, 3.05) is 15.9 Å². The number of sulfonamides is 1. The van der Waals surface area contributed by atoms with Crippen LogP contribution in [0.2, 0.25) is 0 Å². The van der Waals surface area contributed by atoms with Crippen LogP contribution < -0.4 is 9.62 Å². The van der Waals surface area contributed by atoms with Gasteiger partial charge in [-0.05, 0) is 37.3 Å². The average Bonchev–Trinajstić information content (AvgIpc) is 2.47. The van der Waals surface area contributed by atoms with Gasteiger partial charge in [0.2, 0.25) is 15.9 Å². The van der Waals surface area contributed by atoms with Crippen LogP contribution in [0.1, 0.15) is 6.92 Å². The molecule has 122 valence electrons. The van der Waals surface area contributed by atoms with Crippen LogP contribution in [0.3, 0.4) is 0 Å². The van der Waals surface area contributed by atoms with E-state index in [4.69, 9.17) is 0 Å². The number of nitrogens with zero attached hydrogens (tertiary/aromatic N) is 1. The molecule has 0 radical (unpaired) electrons. The standard InChI is InChI=1S/C16H17BrN2O3S/c1-12(16(20)18-14-8-6-7-13(17)11-14)19(23(2,21)22)15-9-4-3-5-10-15/h3-12H,1-2H3,(H,18,20). The lowest BCUT2D eigenvalue weighted by Crippen LogP contribution is -2.45. The highest BCUT2D eigenvalue weighted by Gasteiger charge is 2.28. The lowest BCUT2D eigenvalue weighted by atomic mass is 10.2. The third kappa shape index (κ3) is 4.56. The van der Waals surface area contributed by atoms with Gasteiger partial charge in [-0.1, -0.05) is 40.2 Å². The fourth-order valence-electron chi connectivity index (χ4n) is 2.20. The Morgan fingerprint density at radius 1 is 1.13 bits per heavy atom. The van der Waals surface area contributed by atoms with Crippen LogP contribution in [-0.2, 0) is 14.8 Å². The zero-order valence-electron chi connectivity index (χ0n) is 12.7. The Balaban J connectivity index is 2.27. The van der Waals surface area contributed by atoms with Gasteiger partial charge in [0.25, 0.3) is 0 Å². The Kier molecular flexibility index (Phi) is 5.43. The highest BCUT2D eigenvalue weighted by Crippen LogP contribution is 2.22. The molecule has 0 aromatic heterocycles. The number of nitrogens with one attached hydrogen (secondary N) is 1. The van der Waals surface area contributed by atoms with Gasteiger partial charge in [0.15, 0.2) is 0 Å². The molecule has 0 heterocycles. The van der Waals surface area contributed by atoms with Gasteiger partial charge >= 0.3 is 0 Å². The van der Waals surface area contributed by atoms with E-state index in [2.05, 4.69) is 21.2 Å². The van der Waals surface area contributed by atoms with Crippen molar-refractivity contribution in [1.29, 1.82) is 0 Å². The Hall–Kier alpha value is -1.86. The molecule has 1 amide bonds. The van der Waals surface area contributed by atoms with Crippen LogP contribution in [0.4, 0.5) is 11.4 Å².